The minimum Gasteiger partial charge on any atom is -0.391 e. The molecule has 3 aliphatic rings. The normalized spacial score (nSPS) is 29.2. The molecule has 158 valence electrons. The van der Waals surface area contributed by atoms with E-state index >= 15 is 0 Å². The predicted octanol–water partition coefficient (Wildman–Crippen LogP) is 2.15. The van der Waals surface area contributed by atoms with Crippen LogP contribution in [-0.2, 0) is 0 Å². The largest absolute Gasteiger partial charge is 0.391 e. The summed E-state index contributed by atoms with van der Waals surface area (Å²) in [5.74, 6) is 1.45. The van der Waals surface area contributed by atoms with Gasteiger partial charge in [0.2, 0.25) is 0 Å². The molecule has 2 aromatic heterocycles. The summed E-state index contributed by atoms with van der Waals surface area (Å²) >= 11 is 0. The summed E-state index contributed by atoms with van der Waals surface area (Å²) < 4.78 is 0. The molecular weight excluding hydrogens is 378 g/mol. The lowest BCUT2D eigenvalue weighted by atomic mass is 9.77. The molecule has 7 heteroatoms. The molecule has 0 aromatic carbocycles. The zero-order valence-electron chi connectivity index (χ0n) is 17.4. The Labute approximate surface area is 177 Å². The smallest absolute Gasteiger partial charge is 0.257 e. The zero-order chi connectivity index (χ0) is 20.7. The lowest BCUT2D eigenvalue weighted by molar-refractivity contribution is -0.000865. The van der Waals surface area contributed by atoms with Gasteiger partial charge in [-0.1, -0.05) is 0 Å². The number of carbonyl (C=O) groups is 1. The summed E-state index contributed by atoms with van der Waals surface area (Å²) in [6, 6.07) is 4.02. The van der Waals surface area contributed by atoms with Crippen molar-refractivity contribution in [3.8, 4) is 11.4 Å². The Bertz CT molecular complexity index is 915. The number of carbonyl (C=O) groups excluding carboxylic acids is 1. The van der Waals surface area contributed by atoms with Crippen LogP contribution >= 0.6 is 0 Å². The maximum absolute atomic E-state index is 13.2. The fraction of sp³-hybridized carbons (Fsp3) is 0.565. The number of aromatic nitrogens is 3. The minimum absolute atomic E-state index is 0.00634. The van der Waals surface area contributed by atoms with Gasteiger partial charge in [0.25, 0.3) is 5.91 Å². The third kappa shape index (κ3) is 3.61. The van der Waals surface area contributed by atoms with Crippen LogP contribution in [0.4, 0.5) is 0 Å². The third-order valence-electron chi connectivity index (χ3n) is 7.14. The number of rotatable bonds is 3. The van der Waals surface area contributed by atoms with Crippen molar-refractivity contribution in [1.29, 1.82) is 0 Å². The Balaban J connectivity index is 1.29. The molecule has 1 amide bonds. The lowest BCUT2D eigenvalue weighted by Crippen LogP contribution is -2.48. The number of aryl methyl sites for hydroxylation is 1. The molecule has 2 aromatic rings. The van der Waals surface area contributed by atoms with Crippen LogP contribution in [-0.4, -0.2) is 74.1 Å². The first-order valence-corrected chi connectivity index (χ1v) is 11.1. The van der Waals surface area contributed by atoms with Crippen LogP contribution in [0.15, 0.2) is 30.7 Å². The SMILES string of the molecule is Cc1nc(-c2cccnc2)ncc1C(=O)N1C[C@H]2C[C@@H](N3CCCC3)[C@H](O)C[C@H]2C1. The Kier molecular flexibility index (Phi) is 5.25. The number of likely N-dealkylation sites (tertiary alicyclic amines) is 2. The van der Waals surface area contributed by atoms with Gasteiger partial charge in [0, 0.05) is 43.3 Å². The van der Waals surface area contributed by atoms with Gasteiger partial charge in [-0.25, -0.2) is 9.97 Å². The van der Waals surface area contributed by atoms with E-state index in [4.69, 9.17) is 0 Å². The van der Waals surface area contributed by atoms with Crippen LogP contribution in [0.25, 0.3) is 11.4 Å². The van der Waals surface area contributed by atoms with Gasteiger partial charge < -0.3 is 10.0 Å². The topological polar surface area (TPSA) is 82.5 Å². The molecule has 4 heterocycles. The van der Waals surface area contributed by atoms with Crippen LogP contribution in [0, 0.1) is 18.8 Å². The summed E-state index contributed by atoms with van der Waals surface area (Å²) in [6.45, 7) is 5.55. The number of nitrogens with zero attached hydrogens (tertiary/aromatic N) is 5. The van der Waals surface area contributed by atoms with E-state index in [0.717, 1.165) is 44.6 Å². The first-order valence-electron chi connectivity index (χ1n) is 11.1. The van der Waals surface area contributed by atoms with Crippen molar-refractivity contribution < 1.29 is 9.90 Å². The summed E-state index contributed by atoms with van der Waals surface area (Å²) in [5.41, 5.74) is 2.10. The highest BCUT2D eigenvalue weighted by Crippen LogP contribution is 2.39. The van der Waals surface area contributed by atoms with Gasteiger partial charge in [-0.3, -0.25) is 14.7 Å². The van der Waals surface area contributed by atoms with Crippen LogP contribution in [0.5, 0.6) is 0 Å². The first kappa shape index (κ1) is 19.6. The molecule has 0 radical (unpaired) electrons. The van der Waals surface area contributed by atoms with E-state index in [-0.39, 0.29) is 18.1 Å². The Morgan fingerprint density at radius 3 is 2.60 bits per heavy atom. The standard InChI is InChI=1S/C23H29N5O2/c1-15-19(12-25-22(26-15)16-5-4-6-24-11-16)23(30)28-13-17-9-20(27-7-2-3-8-27)21(29)10-18(17)14-28/h4-6,11-12,17-18,20-21,29H,2-3,7-10,13-14H2,1H3/t17-,18+,20-,21-/m1/s1. The average molecular weight is 408 g/mol. The van der Waals surface area contributed by atoms with Crippen molar-refractivity contribution >= 4 is 5.91 Å². The van der Waals surface area contributed by atoms with Crippen molar-refractivity contribution in [2.45, 2.75) is 44.8 Å². The van der Waals surface area contributed by atoms with Crippen LogP contribution in [0.1, 0.15) is 41.7 Å². The second kappa shape index (κ2) is 8.04. The number of aliphatic hydroxyl groups is 1. The van der Waals surface area contributed by atoms with E-state index < -0.39 is 0 Å². The molecule has 1 aliphatic carbocycles. The molecule has 2 aliphatic heterocycles. The highest BCUT2D eigenvalue weighted by Gasteiger charge is 2.45. The van der Waals surface area contributed by atoms with E-state index in [1.165, 1.54) is 12.8 Å². The number of hydrogen-bond acceptors (Lipinski definition) is 6. The number of pyridine rings is 1. The maximum Gasteiger partial charge on any atom is 0.257 e. The van der Waals surface area contributed by atoms with E-state index in [0.29, 0.717) is 28.9 Å². The molecule has 0 unspecified atom stereocenters. The Morgan fingerprint density at radius 2 is 1.90 bits per heavy atom. The molecule has 4 atom stereocenters. The number of hydrogen-bond donors (Lipinski definition) is 1. The Hall–Kier alpha value is -2.38. The molecule has 30 heavy (non-hydrogen) atoms. The summed E-state index contributed by atoms with van der Waals surface area (Å²) in [6.07, 6.45) is 9.07. The summed E-state index contributed by atoms with van der Waals surface area (Å²) in [4.78, 5) is 30.7. The van der Waals surface area contributed by atoms with Crippen molar-refractivity contribution in [3.63, 3.8) is 0 Å². The minimum atomic E-state index is -0.275. The number of fused-ring (bicyclic) bond motifs is 1. The molecular formula is C23H29N5O2. The van der Waals surface area contributed by atoms with Gasteiger partial charge in [-0.2, -0.15) is 0 Å². The highest BCUT2D eigenvalue weighted by molar-refractivity contribution is 5.95. The fourth-order valence-electron chi connectivity index (χ4n) is 5.52. The van der Waals surface area contributed by atoms with Gasteiger partial charge in [-0.15, -0.1) is 0 Å². The van der Waals surface area contributed by atoms with Crippen LogP contribution in [0.2, 0.25) is 0 Å². The van der Waals surface area contributed by atoms with Gasteiger partial charge in [0.05, 0.1) is 17.4 Å². The summed E-state index contributed by atoms with van der Waals surface area (Å²) in [5, 5.41) is 10.7. The molecule has 0 spiro atoms. The molecule has 3 fully saturated rings. The van der Waals surface area contributed by atoms with Crippen molar-refractivity contribution in [2.75, 3.05) is 26.2 Å². The second-order valence-corrected chi connectivity index (χ2v) is 9.01. The van der Waals surface area contributed by atoms with Gasteiger partial charge in [0.1, 0.15) is 0 Å². The van der Waals surface area contributed by atoms with Gasteiger partial charge in [-0.05, 0) is 69.7 Å². The number of amides is 1. The van der Waals surface area contributed by atoms with Crippen LogP contribution < -0.4 is 0 Å². The number of aliphatic hydroxyl groups excluding tert-OH is 1. The lowest BCUT2D eigenvalue weighted by Gasteiger charge is -2.40. The monoisotopic (exact) mass is 407 g/mol. The van der Waals surface area contributed by atoms with Gasteiger partial charge >= 0.3 is 0 Å². The van der Waals surface area contributed by atoms with E-state index in [9.17, 15) is 9.90 Å². The molecule has 1 N–H and O–H groups in total. The van der Waals surface area contributed by atoms with Crippen LogP contribution in [0.3, 0.4) is 0 Å². The quantitative estimate of drug-likeness (QED) is 0.840. The Morgan fingerprint density at radius 1 is 1.13 bits per heavy atom. The third-order valence-corrected chi connectivity index (χ3v) is 7.14. The zero-order valence-corrected chi connectivity index (χ0v) is 17.4. The van der Waals surface area contributed by atoms with Crippen molar-refractivity contribution in [3.05, 3.63) is 42.0 Å². The first-order chi connectivity index (χ1) is 14.6. The maximum atomic E-state index is 13.2. The highest BCUT2D eigenvalue weighted by atomic mass is 16.3. The second-order valence-electron chi connectivity index (χ2n) is 9.01. The average Bonchev–Trinajstić information content (AvgIpc) is 3.43. The van der Waals surface area contributed by atoms with E-state index in [1.54, 1.807) is 18.6 Å². The van der Waals surface area contributed by atoms with Gasteiger partial charge in [0.15, 0.2) is 5.82 Å². The predicted molar refractivity (Wildman–Crippen MR) is 113 cm³/mol. The molecule has 5 rings (SSSR count). The van der Waals surface area contributed by atoms with E-state index in [2.05, 4.69) is 19.9 Å². The van der Waals surface area contributed by atoms with Crippen molar-refractivity contribution in [2.24, 2.45) is 11.8 Å². The van der Waals surface area contributed by atoms with E-state index in [1.807, 2.05) is 24.0 Å². The molecule has 1 saturated carbocycles. The molecule has 0 bridgehead atoms. The summed E-state index contributed by atoms with van der Waals surface area (Å²) in [7, 11) is 0. The fourth-order valence-corrected chi connectivity index (χ4v) is 5.52. The molecule has 2 saturated heterocycles. The molecule has 7 nitrogen and oxygen atoms in total. The van der Waals surface area contributed by atoms with Crippen molar-refractivity contribution in [1.82, 2.24) is 24.8 Å².